The molecular weight excluding hydrogens is 455 g/mol. The largest absolute Gasteiger partial charge is 0.457 e. The van der Waals surface area contributed by atoms with Gasteiger partial charge in [0, 0.05) is 10.0 Å². The number of carbonyl (C=O) groups excluding carboxylic acids is 2. The van der Waals surface area contributed by atoms with Crippen LogP contribution in [0.2, 0.25) is 10.0 Å². The number of rotatable bonds is 4. The molecule has 1 aliphatic rings. The predicted octanol–water partition coefficient (Wildman–Crippen LogP) is 5.62. The molecule has 0 aliphatic carbocycles. The van der Waals surface area contributed by atoms with E-state index in [-0.39, 0.29) is 10.7 Å². The number of thiocarbonyl (C=S) groups is 1. The zero-order valence-corrected chi connectivity index (χ0v) is 18.2. The summed E-state index contributed by atoms with van der Waals surface area (Å²) >= 11 is 17.0. The number of benzene rings is 3. The number of hydrogen-bond donors (Lipinski definition) is 1. The van der Waals surface area contributed by atoms with Gasteiger partial charge < -0.3 is 4.74 Å². The van der Waals surface area contributed by atoms with E-state index < -0.39 is 11.8 Å². The maximum Gasteiger partial charge on any atom is 0.270 e. The first-order valence-corrected chi connectivity index (χ1v) is 10.3. The predicted molar refractivity (Wildman–Crippen MR) is 126 cm³/mol. The van der Waals surface area contributed by atoms with Crippen molar-refractivity contribution >= 4 is 64.1 Å². The molecule has 0 atom stereocenters. The summed E-state index contributed by atoms with van der Waals surface area (Å²) in [6.45, 7) is 0. The van der Waals surface area contributed by atoms with Crippen molar-refractivity contribution in [2.75, 3.05) is 4.90 Å². The van der Waals surface area contributed by atoms with Crippen molar-refractivity contribution in [3.05, 3.63) is 94.0 Å². The number of halogens is 2. The number of nitrogens with one attached hydrogen (secondary N) is 1. The van der Waals surface area contributed by atoms with Gasteiger partial charge in [0.15, 0.2) is 5.11 Å². The van der Waals surface area contributed by atoms with Gasteiger partial charge in [-0.2, -0.15) is 0 Å². The Kier molecular flexibility index (Phi) is 6.04. The molecule has 3 aromatic rings. The summed E-state index contributed by atoms with van der Waals surface area (Å²) in [5, 5.41) is 3.72. The molecule has 0 bridgehead atoms. The monoisotopic (exact) mass is 468 g/mol. The Morgan fingerprint density at radius 1 is 0.806 bits per heavy atom. The Hall–Kier alpha value is -3.19. The second-order valence-electron chi connectivity index (χ2n) is 6.56. The molecule has 31 heavy (non-hydrogen) atoms. The summed E-state index contributed by atoms with van der Waals surface area (Å²) in [6.07, 6.45) is 1.51. The maximum atomic E-state index is 13.0. The Labute approximate surface area is 193 Å². The second-order valence-corrected chi connectivity index (χ2v) is 7.82. The summed E-state index contributed by atoms with van der Waals surface area (Å²) in [5.41, 5.74) is 1.14. The first kappa shape index (κ1) is 21.1. The van der Waals surface area contributed by atoms with Crippen molar-refractivity contribution in [1.82, 2.24) is 5.32 Å². The van der Waals surface area contributed by atoms with E-state index in [1.807, 2.05) is 0 Å². The van der Waals surface area contributed by atoms with Gasteiger partial charge in [0.2, 0.25) is 0 Å². The van der Waals surface area contributed by atoms with E-state index in [2.05, 4.69) is 5.32 Å². The lowest BCUT2D eigenvalue weighted by Crippen LogP contribution is -2.54. The molecule has 0 aromatic heterocycles. The van der Waals surface area contributed by atoms with Gasteiger partial charge in [-0.25, -0.2) is 0 Å². The van der Waals surface area contributed by atoms with Gasteiger partial charge in [-0.05, 0) is 84.5 Å². The average molecular weight is 469 g/mol. The number of amides is 2. The number of ether oxygens (including phenoxy) is 1. The molecule has 4 rings (SSSR count). The Balaban J connectivity index is 1.57. The highest BCUT2D eigenvalue weighted by molar-refractivity contribution is 7.80. The van der Waals surface area contributed by atoms with Crippen LogP contribution in [0.4, 0.5) is 5.69 Å². The summed E-state index contributed by atoms with van der Waals surface area (Å²) in [5.74, 6) is 0.177. The third kappa shape index (κ3) is 4.77. The van der Waals surface area contributed by atoms with Crippen LogP contribution >= 0.6 is 35.4 Å². The number of nitrogens with zero attached hydrogens (tertiary/aromatic N) is 1. The molecule has 1 fully saturated rings. The fourth-order valence-electron chi connectivity index (χ4n) is 2.92. The lowest BCUT2D eigenvalue weighted by atomic mass is 10.1. The van der Waals surface area contributed by atoms with Crippen molar-refractivity contribution in [2.45, 2.75) is 0 Å². The third-order valence-corrected chi connectivity index (χ3v) is 5.22. The van der Waals surface area contributed by atoms with E-state index in [0.29, 0.717) is 32.8 Å². The summed E-state index contributed by atoms with van der Waals surface area (Å²) in [7, 11) is 0. The van der Waals surface area contributed by atoms with Gasteiger partial charge in [-0.1, -0.05) is 35.3 Å². The van der Waals surface area contributed by atoms with Crippen LogP contribution in [0.1, 0.15) is 5.56 Å². The van der Waals surface area contributed by atoms with Gasteiger partial charge in [-0.15, -0.1) is 0 Å². The van der Waals surface area contributed by atoms with Crippen LogP contribution in [0.25, 0.3) is 6.08 Å². The molecule has 0 saturated carbocycles. The van der Waals surface area contributed by atoms with Crippen molar-refractivity contribution < 1.29 is 14.3 Å². The van der Waals surface area contributed by atoms with E-state index in [0.717, 1.165) is 0 Å². The molecular formula is C23H14Cl2N2O3S. The SMILES string of the molecule is O=C1NC(=S)N(c2ccc(Cl)cc2)C(=O)C1=Cc1ccc(Oc2ccc(Cl)cc2)cc1. The molecule has 0 unspecified atom stereocenters. The van der Waals surface area contributed by atoms with Gasteiger partial charge in [-0.3, -0.25) is 19.8 Å². The van der Waals surface area contributed by atoms with E-state index in [1.165, 1.54) is 11.0 Å². The van der Waals surface area contributed by atoms with E-state index in [1.54, 1.807) is 72.8 Å². The molecule has 0 radical (unpaired) electrons. The zero-order chi connectivity index (χ0) is 22.0. The van der Waals surface area contributed by atoms with Crippen LogP contribution in [-0.2, 0) is 9.59 Å². The Morgan fingerprint density at radius 3 is 1.90 bits per heavy atom. The van der Waals surface area contributed by atoms with E-state index in [9.17, 15) is 9.59 Å². The van der Waals surface area contributed by atoms with Crippen LogP contribution < -0.4 is 15.0 Å². The minimum Gasteiger partial charge on any atom is -0.457 e. The minimum absolute atomic E-state index is 0.0150. The molecule has 8 heteroatoms. The number of carbonyl (C=O) groups is 2. The van der Waals surface area contributed by atoms with Gasteiger partial charge in [0.25, 0.3) is 11.8 Å². The van der Waals surface area contributed by atoms with Crippen LogP contribution in [0.3, 0.4) is 0 Å². The third-order valence-electron chi connectivity index (χ3n) is 4.43. The number of hydrogen-bond acceptors (Lipinski definition) is 4. The van der Waals surface area contributed by atoms with Crippen molar-refractivity contribution in [3.8, 4) is 11.5 Å². The van der Waals surface area contributed by atoms with Gasteiger partial charge >= 0.3 is 0 Å². The summed E-state index contributed by atoms with van der Waals surface area (Å²) in [6, 6.07) is 20.6. The average Bonchev–Trinajstić information content (AvgIpc) is 2.75. The molecule has 1 N–H and O–H groups in total. The Bertz CT molecular complexity index is 1190. The lowest BCUT2D eigenvalue weighted by Gasteiger charge is -2.28. The molecule has 2 amide bonds. The van der Waals surface area contributed by atoms with Crippen LogP contribution in [0.5, 0.6) is 11.5 Å². The van der Waals surface area contributed by atoms with Crippen molar-refractivity contribution in [3.63, 3.8) is 0 Å². The van der Waals surface area contributed by atoms with Gasteiger partial charge in [0.05, 0.1) is 5.69 Å². The first-order chi connectivity index (χ1) is 14.9. The molecule has 1 aliphatic heterocycles. The van der Waals surface area contributed by atoms with Crippen LogP contribution in [0.15, 0.2) is 78.4 Å². The molecule has 3 aromatic carbocycles. The summed E-state index contributed by atoms with van der Waals surface area (Å²) in [4.78, 5) is 26.7. The fourth-order valence-corrected chi connectivity index (χ4v) is 3.45. The standard InChI is InChI=1S/C23H14Cl2N2O3S/c24-15-3-7-17(8-4-15)27-22(29)20(21(28)26-23(27)31)13-14-1-9-18(10-2-14)30-19-11-5-16(25)6-12-19/h1-13H,(H,26,28,31). The van der Waals surface area contributed by atoms with Gasteiger partial charge in [0.1, 0.15) is 17.1 Å². The first-order valence-electron chi connectivity index (χ1n) is 9.11. The molecule has 1 saturated heterocycles. The molecule has 5 nitrogen and oxygen atoms in total. The normalized spacial score (nSPS) is 15.2. The maximum absolute atomic E-state index is 13.0. The second kappa shape index (κ2) is 8.89. The Morgan fingerprint density at radius 2 is 1.32 bits per heavy atom. The lowest BCUT2D eigenvalue weighted by molar-refractivity contribution is -0.122. The van der Waals surface area contributed by atoms with Crippen molar-refractivity contribution in [2.24, 2.45) is 0 Å². The highest BCUT2D eigenvalue weighted by Crippen LogP contribution is 2.26. The highest BCUT2D eigenvalue weighted by Gasteiger charge is 2.34. The highest BCUT2D eigenvalue weighted by atomic mass is 35.5. The molecule has 1 heterocycles. The quantitative estimate of drug-likeness (QED) is 0.306. The molecule has 0 spiro atoms. The zero-order valence-electron chi connectivity index (χ0n) is 15.8. The number of anilines is 1. The van der Waals surface area contributed by atoms with E-state index >= 15 is 0 Å². The van der Waals surface area contributed by atoms with E-state index in [4.69, 9.17) is 40.2 Å². The molecule has 154 valence electrons. The fraction of sp³-hybridized carbons (Fsp3) is 0. The van der Waals surface area contributed by atoms with Crippen LogP contribution in [0, 0.1) is 0 Å². The van der Waals surface area contributed by atoms with Crippen molar-refractivity contribution in [1.29, 1.82) is 0 Å². The minimum atomic E-state index is -0.554. The topological polar surface area (TPSA) is 58.6 Å². The summed E-state index contributed by atoms with van der Waals surface area (Å²) < 4.78 is 5.76. The van der Waals surface area contributed by atoms with Crippen LogP contribution in [-0.4, -0.2) is 16.9 Å². The smallest absolute Gasteiger partial charge is 0.270 e.